The van der Waals surface area contributed by atoms with Crippen LogP contribution in [0.1, 0.15) is 25.8 Å². The minimum Gasteiger partial charge on any atom is -0.466 e. The predicted octanol–water partition coefficient (Wildman–Crippen LogP) is 2.27. The van der Waals surface area contributed by atoms with Crippen molar-refractivity contribution in [3.05, 3.63) is 39.9 Å². The Morgan fingerprint density at radius 3 is 2.23 bits per heavy atom. The van der Waals surface area contributed by atoms with Crippen molar-refractivity contribution < 1.29 is 24.0 Å². The molecule has 1 atom stereocenters. The third kappa shape index (κ3) is 5.51. The number of non-ortho nitro benzene ring substituents is 1. The van der Waals surface area contributed by atoms with Gasteiger partial charge in [-0.3, -0.25) is 19.7 Å². The average Bonchev–Trinajstić information content (AvgIpc) is 2.47. The number of nitro groups is 1. The third-order valence-corrected chi connectivity index (χ3v) is 2.97. The molecule has 0 amide bonds. The van der Waals surface area contributed by atoms with E-state index in [1.54, 1.807) is 26.0 Å². The summed E-state index contributed by atoms with van der Waals surface area (Å²) in [6.45, 7) is 3.84. The zero-order valence-electron chi connectivity index (χ0n) is 12.6. The van der Waals surface area contributed by atoms with Crippen molar-refractivity contribution in [2.45, 2.75) is 26.7 Å². The third-order valence-electron chi connectivity index (χ3n) is 2.97. The lowest BCUT2D eigenvalue weighted by atomic mass is 9.96. The van der Waals surface area contributed by atoms with Gasteiger partial charge in [-0.2, -0.15) is 0 Å². The Hall–Kier alpha value is -2.44. The number of esters is 2. The minimum atomic E-state index is -0.666. The fraction of sp³-hybridized carbons (Fsp3) is 0.467. The number of carbonyl (C=O) groups excluding carboxylic acids is 2. The first-order valence-corrected chi connectivity index (χ1v) is 7.03. The monoisotopic (exact) mass is 309 g/mol. The quantitative estimate of drug-likeness (QED) is 0.415. The summed E-state index contributed by atoms with van der Waals surface area (Å²) >= 11 is 0. The Morgan fingerprint density at radius 2 is 1.73 bits per heavy atom. The predicted molar refractivity (Wildman–Crippen MR) is 78.2 cm³/mol. The van der Waals surface area contributed by atoms with Gasteiger partial charge in [0.1, 0.15) is 0 Å². The van der Waals surface area contributed by atoms with Crippen molar-refractivity contribution in [2.75, 3.05) is 13.2 Å². The van der Waals surface area contributed by atoms with Crippen molar-refractivity contribution in [3.63, 3.8) is 0 Å². The SMILES string of the molecule is CCOC(=O)CC(Cc1ccc([N+](=O)[O-])cc1)C(=O)OCC. The number of rotatable bonds is 8. The maximum absolute atomic E-state index is 11.9. The largest absolute Gasteiger partial charge is 0.466 e. The smallest absolute Gasteiger partial charge is 0.309 e. The molecule has 0 aliphatic carbocycles. The normalized spacial score (nSPS) is 11.5. The molecule has 1 aromatic rings. The number of carbonyl (C=O) groups is 2. The molecule has 0 radical (unpaired) electrons. The van der Waals surface area contributed by atoms with Crippen LogP contribution in [0.15, 0.2) is 24.3 Å². The Balaban J connectivity index is 2.80. The Labute approximate surface area is 128 Å². The van der Waals surface area contributed by atoms with Gasteiger partial charge >= 0.3 is 11.9 Å². The van der Waals surface area contributed by atoms with Crippen LogP contribution in [0.4, 0.5) is 5.69 Å². The second kappa shape index (κ2) is 8.76. The highest BCUT2D eigenvalue weighted by Gasteiger charge is 2.24. The second-order valence-electron chi connectivity index (χ2n) is 4.59. The molecule has 0 fully saturated rings. The molecule has 0 saturated heterocycles. The molecule has 7 heteroatoms. The first-order chi connectivity index (χ1) is 10.5. The average molecular weight is 309 g/mol. The molecule has 22 heavy (non-hydrogen) atoms. The first kappa shape index (κ1) is 17.6. The Bertz CT molecular complexity index is 525. The summed E-state index contributed by atoms with van der Waals surface area (Å²) in [5.41, 5.74) is 0.690. The van der Waals surface area contributed by atoms with E-state index in [4.69, 9.17) is 9.47 Å². The number of hydrogen-bond donors (Lipinski definition) is 0. The van der Waals surface area contributed by atoms with E-state index >= 15 is 0 Å². The lowest BCUT2D eigenvalue weighted by Crippen LogP contribution is -2.24. The van der Waals surface area contributed by atoms with Crippen LogP contribution < -0.4 is 0 Å². The van der Waals surface area contributed by atoms with Gasteiger partial charge in [-0.05, 0) is 25.8 Å². The van der Waals surface area contributed by atoms with Crippen LogP contribution >= 0.6 is 0 Å². The summed E-state index contributed by atoms with van der Waals surface area (Å²) < 4.78 is 9.82. The molecule has 120 valence electrons. The number of hydrogen-bond acceptors (Lipinski definition) is 6. The van der Waals surface area contributed by atoms with Crippen LogP contribution in [-0.4, -0.2) is 30.1 Å². The number of nitrogens with zero attached hydrogens (tertiary/aromatic N) is 1. The fourth-order valence-corrected chi connectivity index (χ4v) is 1.96. The van der Waals surface area contributed by atoms with Gasteiger partial charge in [-0.1, -0.05) is 12.1 Å². The summed E-state index contributed by atoms with van der Waals surface area (Å²) in [5.74, 6) is -1.61. The van der Waals surface area contributed by atoms with Crippen LogP contribution in [-0.2, 0) is 25.5 Å². The molecule has 0 bridgehead atoms. The van der Waals surface area contributed by atoms with Gasteiger partial charge < -0.3 is 9.47 Å². The van der Waals surface area contributed by atoms with E-state index in [0.29, 0.717) is 5.56 Å². The molecule has 0 spiro atoms. The fourth-order valence-electron chi connectivity index (χ4n) is 1.96. The van der Waals surface area contributed by atoms with Gasteiger partial charge in [-0.15, -0.1) is 0 Å². The van der Waals surface area contributed by atoms with Gasteiger partial charge in [0.05, 0.1) is 30.5 Å². The molecular weight excluding hydrogens is 290 g/mol. The highest BCUT2D eigenvalue weighted by atomic mass is 16.6. The van der Waals surface area contributed by atoms with Crippen LogP contribution in [0.5, 0.6) is 0 Å². The second-order valence-corrected chi connectivity index (χ2v) is 4.59. The maximum Gasteiger partial charge on any atom is 0.309 e. The summed E-state index contributed by atoms with van der Waals surface area (Å²) in [4.78, 5) is 33.6. The van der Waals surface area contributed by atoms with Gasteiger partial charge in [0.25, 0.3) is 5.69 Å². The highest BCUT2D eigenvalue weighted by molar-refractivity contribution is 5.80. The molecule has 0 N–H and O–H groups in total. The zero-order chi connectivity index (χ0) is 16.5. The molecule has 1 rings (SSSR count). The van der Waals surface area contributed by atoms with Crippen molar-refractivity contribution in [1.29, 1.82) is 0 Å². The van der Waals surface area contributed by atoms with Crippen LogP contribution in [0.2, 0.25) is 0 Å². The van der Waals surface area contributed by atoms with E-state index < -0.39 is 22.8 Å². The van der Waals surface area contributed by atoms with Crippen LogP contribution in [0, 0.1) is 16.0 Å². The summed E-state index contributed by atoms with van der Waals surface area (Å²) in [6.07, 6.45) is 0.180. The molecule has 7 nitrogen and oxygen atoms in total. The molecule has 0 aromatic heterocycles. The minimum absolute atomic E-state index is 0.0261. The topological polar surface area (TPSA) is 95.7 Å². The van der Waals surface area contributed by atoms with E-state index in [1.165, 1.54) is 12.1 Å². The molecule has 0 aliphatic heterocycles. The van der Waals surface area contributed by atoms with E-state index in [-0.39, 0.29) is 31.7 Å². The number of benzene rings is 1. The lowest BCUT2D eigenvalue weighted by molar-refractivity contribution is -0.384. The number of ether oxygens (including phenoxy) is 2. The van der Waals surface area contributed by atoms with Crippen molar-refractivity contribution >= 4 is 17.6 Å². The van der Waals surface area contributed by atoms with E-state index in [0.717, 1.165) is 0 Å². The van der Waals surface area contributed by atoms with Gasteiger partial charge in [-0.25, -0.2) is 0 Å². The van der Waals surface area contributed by atoms with E-state index in [1.807, 2.05) is 0 Å². The number of nitro benzene ring substituents is 1. The molecular formula is C15H19NO6. The molecule has 0 aliphatic rings. The summed E-state index contributed by atoms with van der Waals surface area (Å²) in [7, 11) is 0. The van der Waals surface area contributed by atoms with E-state index in [2.05, 4.69) is 0 Å². The van der Waals surface area contributed by atoms with Gasteiger partial charge in [0.15, 0.2) is 0 Å². The van der Waals surface area contributed by atoms with Crippen molar-refractivity contribution in [3.8, 4) is 0 Å². The molecule has 0 saturated carbocycles. The standard InChI is InChI=1S/C15H19NO6/c1-3-21-14(17)10-12(15(18)22-4-2)9-11-5-7-13(8-6-11)16(19)20/h5-8,12H,3-4,9-10H2,1-2H3. The van der Waals surface area contributed by atoms with Gasteiger partial charge in [0.2, 0.25) is 0 Å². The molecule has 0 heterocycles. The molecule has 1 unspecified atom stereocenters. The highest BCUT2D eigenvalue weighted by Crippen LogP contribution is 2.18. The summed E-state index contributed by atoms with van der Waals surface area (Å²) in [6, 6.07) is 5.86. The zero-order valence-corrected chi connectivity index (χ0v) is 12.6. The lowest BCUT2D eigenvalue weighted by Gasteiger charge is -2.14. The van der Waals surface area contributed by atoms with Crippen LogP contribution in [0.25, 0.3) is 0 Å². The summed E-state index contributed by atoms with van der Waals surface area (Å²) in [5, 5.41) is 10.6. The maximum atomic E-state index is 11.9. The van der Waals surface area contributed by atoms with Crippen molar-refractivity contribution in [2.24, 2.45) is 5.92 Å². The Kier molecular flexibility index (Phi) is 7.01. The van der Waals surface area contributed by atoms with Crippen molar-refractivity contribution in [1.82, 2.24) is 0 Å². The first-order valence-electron chi connectivity index (χ1n) is 7.03. The molecule has 1 aromatic carbocycles. The Morgan fingerprint density at radius 1 is 1.14 bits per heavy atom. The van der Waals surface area contributed by atoms with Crippen LogP contribution in [0.3, 0.4) is 0 Å². The van der Waals surface area contributed by atoms with E-state index in [9.17, 15) is 19.7 Å². The van der Waals surface area contributed by atoms with Gasteiger partial charge in [0, 0.05) is 12.1 Å².